The lowest BCUT2D eigenvalue weighted by molar-refractivity contribution is -0.00835. The Morgan fingerprint density at radius 3 is 2.43 bits per heavy atom. The van der Waals surface area contributed by atoms with Crippen LogP contribution in [0.1, 0.15) is 61.8 Å². The molecule has 278 valence electrons. The van der Waals surface area contributed by atoms with E-state index in [1.807, 2.05) is 13.8 Å². The summed E-state index contributed by atoms with van der Waals surface area (Å²) in [5, 5.41) is 19.6. The maximum atomic E-state index is 14.4. The number of carbonyl (C=O) groups excluding carboxylic acids is 2. The maximum Gasteiger partial charge on any atom is 0.323 e. The Balaban J connectivity index is 1.40. The number of urea groups is 1. The van der Waals surface area contributed by atoms with Gasteiger partial charge in [0.2, 0.25) is 16.8 Å². The van der Waals surface area contributed by atoms with Gasteiger partial charge in [0.15, 0.2) is 17.3 Å². The minimum Gasteiger partial charge on any atom is -0.490 e. The van der Waals surface area contributed by atoms with Crippen LogP contribution >= 0.6 is 0 Å². The van der Waals surface area contributed by atoms with Crippen LogP contribution in [0.25, 0.3) is 0 Å². The molecule has 3 heterocycles. The van der Waals surface area contributed by atoms with Crippen molar-refractivity contribution in [3.63, 3.8) is 0 Å². The van der Waals surface area contributed by atoms with Crippen LogP contribution in [0.4, 0.5) is 16.2 Å². The molecule has 5 rings (SSSR count). The van der Waals surface area contributed by atoms with Crippen LogP contribution < -0.4 is 24.8 Å². The highest BCUT2D eigenvalue weighted by molar-refractivity contribution is 7.89. The van der Waals surface area contributed by atoms with Gasteiger partial charge >= 0.3 is 6.03 Å². The minimum atomic E-state index is -3.96. The summed E-state index contributed by atoms with van der Waals surface area (Å²) in [5.41, 5.74) is 1.29. The number of likely N-dealkylation sites (N-methyl/N-ethyl adjacent to an activating group) is 1. The standard InChI is InChI=1S/C35H47N5O10S/c1-21-17-40(22(2)19-41)34(42)28-15-26(36-35(43)37-27-11-13-30-31(16-27)48-20-47-30)10-12-29(28)49-23(3)9-7-8-14-46-32(21)18-39(6)51(44,45)33-24(4)38-50-25(33)5/h10-13,15-16,21-23,32,41H,7-9,14,17-20H2,1-6H3,(H2,36,37,43)/t21-,22+,23-,32-/m0/s1. The summed E-state index contributed by atoms with van der Waals surface area (Å²) in [5.74, 6) is 0.838. The van der Waals surface area contributed by atoms with Crippen LogP contribution in [0.5, 0.6) is 17.2 Å². The van der Waals surface area contributed by atoms with E-state index in [-0.39, 0.29) is 60.4 Å². The molecule has 2 aliphatic heterocycles. The Labute approximate surface area is 298 Å². The first-order valence-corrected chi connectivity index (χ1v) is 18.4. The van der Waals surface area contributed by atoms with Crippen molar-refractivity contribution in [1.82, 2.24) is 14.4 Å². The van der Waals surface area contributed by atoms with Gasteiger partial charge in [0.05, 0.1) is 30.4 Å². The Kier molecular flexibility index (Phi) is 12.1. The van der Waals surface area contributed by atoms with E-state index in [0.29, 0.717) is 48.1 Å². The molecule has 0 spiro atoms. The summed E-state index contributed by atoms with van der Waals surface area (Å²) in [6.45, 7) is 8.94. The third-order valence-corrected chi connectivity index (χ3v) is 11.1. The average molecular weight is 730 g/mol. The molecule has 0 unspecified atom stereocenters. The fraction of sp³-hybridized carbons (Fsp3) is 0.514. The predicted octanol–water partition coefficient (Wildman–Crippen LogP) is 4.78. The molecule has 2 aromatic carbocycles. The number of aryl methyl sites for hydroxylation is 2. The smallest absolute Gasteiger partial charge is 0.323 e. The van der Waals surface area contributed by atoms with Crippen LogP contribution in [0.2, 0.25) is 0 Å². The number of anilines is 2. The molecule has 0 bridgehead atoms. The normalized spacial score (nSPS) is 20.7. The van der Waals surface area contributed by atoms with Crippen LogP contribution in [-0.4, -0.2) is 98.2 Å². The number of hydrogen-bond donors (Lipinski definition) is 3. The lowest BCUT2D eigenvalue weighted by Gasteiger charge is -2.35. The summed E-state index contributed by atoms with van der Waals surface area (Å²) < 4.78 is 56.9. The van der Waals surface area contributed by atoms with Gasteiger partial charge in [-0.2, -0.15) is 4.31 Å². The largest absolute Gasteiger partial charge is 0.490 e. The van der Waals surface area contributed by atoms with Gasteiger partial charge in [0, 0.05) is 50.1 Å². The summed E-state index contributed by atoms with van der Waals surface area (Å²) in [4.78, 5) is 29.0. The summed E-state index contributed by atoms with van der Waals surface area (Å²) in [6.07, 6.45) is 1.30. The first-order valence-electron chi connectivity index (χ1n) is 17.0. The fourth-order valence-corrected chi connectivity index (χ4v) is 7.55. The highest BCUT2D eigenvalue weighted by Gasteiger charge is 2.34. The number of aromatic nitrogens is 1. The second-order valence-corrected chi connectivity index (χ2v) is 15.1. The first kappa shape index (κ1) is 37.9. The average Bonchev–Trinajstić information content (AvgIpc) is 3.70. The van der Waals surface area contributed by atoms with E-state index < -0.39 is 34.1 Å². The topological polar surface area (TPSA) is 182 Å². The number of nitrogens with zero attached hydrogens (tertiary/aromatic N) is 3. The number of aliphatic hydroxyl groups is 1. The quantitative estimate of drug-likeness (QED) is 0.290. The Morgan fingerprint density at radius 2 is 1.75 bits per heavy atom. The zero-order valence-electron chi connectivity index (χ0n) is 29.8. The highest BCUT2D eigenvalue weighted by Crippen LogP contribution is 2.34. The molecular formula is C35H47N5O10S. The van der Waals surface area contributed by atoms with E-state index in [1.165, 1.54) is 16.3 Å². The number of hydrogen-bond acceptors (Lipinski definition) is 11. The lowest BCUT2D eigenvalue weighted by Crippen LogP contribution is -2.48. The van der Waals surface area contributed by atoms with Crippen molar-refractivity contribution in [2.45, 2.75) is 77.0 Å². The summed E-state index contributed by atoms with van der Waals surface area (Å²) in [7, 11) is -2.48. The van der Waals surface area contributed by atoms with Gasteiger partial charge in [-0.05, 0) is 77.3 Å². The molecule has 0 radical (unpaired) electrons. The van der Waals surface area contributed by atoms with E-state index in [2.05, 4.69) is 15.8 Å². The van der Waals surface area contributed by atoms with Crippen molar-refractivity contribution >= 4 is 33.3 Å². The summed E-state index contributed by atoms with van der Waals surface area (Å²) >= 11 is 0. The number of sulfonamides is 1. The van der Waals surface area contributed by atoms with Crippen LogP contribution in [0.15, 0.2) is 45.8 Å². The molecule has 0 aliphatic carbocycles. The number of benzene rings is 2. The van der Waals surface area contributed by atoms with Crippen LogP contribution in [0, 0.1) is 19.8 Å². The number of nitrogens with one attached hydrogen (secondary N) is 2. The number of carbonyl (C=O) groups is 2. The molecule has 16 heteroatoms. The van der Waals surface area contributed by atoms with Crippen LogP contribution in [-0.2, 0) is 14.8 Å². The van der Waals surface area contributed by atoms with Gasteiger partial charge in [-0.3, -0.25) is 4.79 Å². The molecule has 3 N–H and O–H groups in total. The molecule has 3 aromatic rings. The van der Waals surface area contributed by atoms with E-state index in [4.69, 9.17) is 23.5 Å². The molecule has 2 aliphatic rings. The fourth-order valence-electron chi connectivity index (χ4n) is 6.08. The highest BCUT2D eigenvalue weighted by atomic mass is 32.2. The predicted molar refractivity (Wildman–Crippen MR) is 188 cm³/mol. The van der Waals surface area contributed by atoms with Crippen molar-refractivity contribution in [3.8, 4) is 17.2 Å². The number of amides is 3. The molecule has 3 amide bonds. The third kappa shape index (κ3) is 8.92. The molecule has 51 heavy (non-hydrogen) atoms. The van der Waals surface area contributed by atoms with Gasteiger partial charge < -0.3 is 44.1 Å². The molecule has 0 fully saturated rings. The number of rotatable bonds is 8. The zero-order chi connectivity index (χ0) is 36.9. The van der Waals surface area contributed by atoms with Gasteiger partial charge in [-0.15, -0.1) is 0 Å². The maximum absolute atomic E-state index is 14.4. The molecular weight excluding hydrogens is 682 g/mol. The Morgan fingerprint density at radius 1 is 1.06 bits per heavy atom. The van der Waals surface area contributed by atoms with E-state index in [1.54, 1.807) is 57.2 Å². The lowest BCUT2D eigenvalue weighted by atomic mass is 10.0. The van der Waals surface area contributed by atoms with Crippen molar-refractivity contribution in [2.24, 2.45) is 5.92 Å². The van der Waals surface area contributed by atoms with Crippen molar-refractivity contribution in [2.75, 3.05) is 50.8 Å². The summed E-state index contributed by atoms with van der Waals surface area (Å²) in [6, 6.07) is 8.74. The number of aliphatic hydroxyl groups excluding tert-OH is 1. The molecule has 0 saturated carbocycles. The van der Waals surface area contributed by atoms with Crippen LogP contribution in [0.3, 0.4) is 0 Å². The van der Waals surface area contributed by atoms with Gasteiger partial charge in [0.25, 0.3) is 5.91 Å². The molecule has 0 saturated heterocycles. The minimum absolute atomic E-state index is 0.00570. The van der Waals surface area contributed by atoms with Crippen molar-refractivity contribution < 1.29 is 46.6 Å². The van der Waals surface area contributed by atoms with E-state index in [0.717, 1.165) is 6.42 Å². The molecule has 4 atom stereocenters. The van der Waals surface area contributed by atoms with E-state index >= 15 is 0 Å². The number of ether oxygens (including phenoxy) is 4. The van der Waals surface area contributed by atoms with Gasteiger partial charge in [-0.1, -0.05) is 12.1 Å². The van der Waals surface area contributed by atoms with E-state index in [9.17, 15) is 23.1 Å². The second-order valence-electron chi connectivity index (χ2n) is 13.1. The molecule has 1 aromatic heterocycles. The Hall–Kier alpha value is -4.38. The molecule has 15 nitrogen and oxygen atoms in total. The SMILES string of the molecule is Cc1noc(C)c1S(=O)(=O)N(C)C[C@@H]1OCCCC[C@H](C)Oc2ccc(NC(=O)Nc3ccc4c(c3)OCO4)cc2C(=O)N([C@H](C)CO)C[C@@H]1C. The third-order valence-electron chi connectivity index (χ3n) is 9.01. The monoisotopic (exact) mass is 729 g/mol. The van der Waals surface area contributed by atoms with Gasteiger partial charge in [0.1, 0.15) is 16.3 Å². The zero-order valence-corrected chi connectivity index (χ0v) is 30.6. The van der Waals surface area contributed by atoms with Crippen molar-refractivity contribution in [1.29, 1.82) is 0 Å². The van der Waals surface area contributed by atoms with Crippen molar-refractivity contribution in [3.05, 3.63) is 53.4 Å². The number of fused-ring (bicyclic) bond motifs is 2. The Bertz CT molecular complexity index is 1800. The second kappa shape index (κ2) is 16.3. The first-order chi connectivity index (χ1) is 24.3. The van der Waals surface area contributed by atoms with Gasteiger partial charge in [-0.25, -0.2) is 13.2 Å².